The van der Waals surface area contributed by atoms with Crippen molar-refractivity contribution >= 4 is 0 Å². The Morgan fingerprint density at radius 1 is 1.35 bits per heavy atom. The van der Waals surface area contributed by atoms with Crippen molar-refractivity contribution in [1.29, 1.82) is 5.26 Å². The number of ether oxygens (including phenoxy) is 1. The summed E-state index contributed by atoms with van der Waals surface area (Å²) in [6.07, 6.45) is 5.89. The Kier molecular flexibility index (Phi) is 4.42. The van der Waals surface area contributed by atoms with Crippen LogP contribution in [0.25, 0.3) is 0 Å². The minimum atomic E-state index is 0.225. The number of nitrogens with zero attached hydrogens (tertiary/aromatic N) is 2. The van der Waals surface area contributed by atoms with E-state index >= 15 is 0 Å². The van der Waals surface area contributed by atoms with E-state index in [4.69, 9.17) is 4.74 Å². The third-order valence-electron chi connectivity index (χ3n) is 4.67. The van der Waals surface area contributed by atoms with E-state index < -0.39 is 0 Å². The maximum Gasteiger partial charge on any atom is 0.0672 e. The molecular weight excluding hydrogens is 212 g/mol. The Hall–Kier alpha value is -0.590. The van der Waals surface area contributed by atoms with E-state index in [-0.39, 0.29) is 5.92 Å². The summed E-state index contributed by atoms with van der Waals surface area (Å²) in [5.41, 5.74) is 0. The minimum absolute atomic E-state index is 0.225. The zero-order valence-electron chi connectivity index (χ0n) is 11.1. The normalized spacial score (nSPS) is 38.2. The molecule has 0 aromatic rings. The van der Waals surface area contributed by atoms with Crippen LogP contribution in [0.3, 0.4) is 0 Å². The van der Waals surface area contributed by atoms with Gasteiger partial charge in [-0.05, 0) is 38.6 Å². The molecule has 2 aliphatic rings. The maximum absolute atomic E-state index is 9.30. The quantitative estimate of drug-likeness (QED) is 0.755. The largest absolute Gasteiger partial charge is 0.380 e. The molecule has 3 nitrogen and oxygen atoms in total. The summed E-state index contributed by atoms with van der Waals surface area (Å²) in [5.74, 6) is 1.04. The Balaban J connectivity index is 2.01. The standard InChI is InChI=1S/C14H24N2O/c1-3-11-4-5-12(9-15)14(8-11)16(2)13-6-7-17-10-13/h11-14H,3-8,10H2,1-2H3. The van der Waals surface area contributed by atoms with Gasteiger partial charge in [0, 0.05) is 18.7 Å². The van der Waals surface area contributed by atoms with Crippen molar-refractivity contribution in [3.05, 3.63) is 0 Å². The zero-order valence-corrected chi connectivity index (χ0v) is 11.1. The minimum Gasteiger partial charge on any atom is -0.380 e. The Labute approximate surface area is 105 Å². The van der Waals surface area contributed by atoms with Crippen molar-refractivity contribution in [3.8, 4) is 6.07 Å². The third kappa shape index (κ3) is 2.81. The first kappa shape index (κ1) is 12.9. The van der Waals surface area contributed by atoms with Gasteiger partial charge in [0.1, 0.15) is 0 Å². The van der Waals surface area contributed by atoms with E-state index in [0.29, 0.717) is 12.1 Å². The number of hydrogen-bond acceptors (Lipinski definition) is 3. The fourth-order valence-corrected chi connectivity index (χ4v) is 3.32. The van der Waals surface area contributed by atoms with Gasteiger partial charge >= 0.3 is 0 Å². The molecule has 0 amide bonds. The Morgan fingerprint density at radius 3 is 2.76 bits per heavy atom. The molecular formula is C14H24N2O. The molecule has 4 atom stereocenters. The van der Waals surface area contributed by atoms with Crippen LogP contribution in [0, 0.1) is 23.2 Å². The topological polar surface area (TPSA) is 36.3 Å². The van der Waals surface area contributed by atoms with Crippen LogP contribution in [0.15, 0.2) is 0 Å². The van der Waals surface area contributed by atoms with Crippen LogP contribution >= 0.6 is 0 Å². The molecule has 0 radical (unpaired) electrons. The van der Waals surface area contributed by atoms with E-state index in [1.54, 1.807) is 0 Å². The summed E-state index contributed by atoms with van der Waals surface area (Å²) in [6, 6.07) is 3.50. The van der Waals surface area contributed by atoms with Crippen LogP contribution in [-0.4, -0.2) is 37.2 Å². The summed E-state index contributed by atoms with van der Waals surface area (Å²) in [4.78, 5) is 2.43. The van der Waals surface area contributed by atoms with Crippen LogP contribution in [0.1, 0.15) is 39.0 Å². The molecule has 17 heavy (non-hydrogen) atoms. The second-order valence-electron chi connectivity index (χ2n) is 5.57. The van der Waals surface area contributed by atoms with Crippen molar-refractivity contribution in [2.45, 2.75) is 51.1 Å². The van der Waals surface area contributed by atoms with Crippen molar-refractivity contribution in [2.75, 3.05) is 20.3 Å². The van der Waals surface area contributed by atoms with Gasteiger partial charge in [-0.2, -0.15) is 5.26 Å². The van der Waals surface area contributed by atoms with Gasteiger partial charge in [-0.25, -0.2) is 0 Å². The zero-order chi connectivity index (χ0) is 12.3. The van der Waals surface area contributed by atoms with Crippen molar-refractivity contribution in [2.24, 2.45) is 11.8 Å². The number of likely N-dealkylation sites (N-methyl/N-ethyl adjacent to an activating group) is 1. The van der Waals surface area contributed by atoms with Crippen LogP contribution in [0.2, 0.25) is 0 Å². The monoisotopic (exact) mass is 236 g/mol. The highest BCUT2D eigenvalue weighted by molar-refractivity contribution is 4.98. The number of hydrogen-bond donors (Lipinski definition) is 0. The lowest BCUT2D eigenvalue weighted by atomic mass is 9.77. The van der Waals surface area contributed by atoms with Gasteiger partial charge in [0.15, 0.2) is 0 Å². The van der Waals surface area contributed by atoms with Crippen molar-refractivity contribution < 1.29 is 4.74 Å². The average Bonchev–Trinajstić information content (AvgIpc) is 2.91. The van der Waals surface area contributed by atoms with Gasteiger partial charge in [-0.1, -0.05) is 13.3 Å². The lowest BCUT2D eigenvalue weighted by Gasteiger charge is -2.40. The highest BCUT2D eigenvalue weighted by Crippen LogP contribution is 2.34. The smallest absolute Gasteiger partial charge is 0.0672 e. The van der Waals surface area contributed by atoms with E-state index in [1.165, 1.54) is 19.3 Å². The molecule has 4 unspecified atom stereocenters. The predicted octanol–water partition coefficient (Wildman–Crippen LogP) is 2.43. The Morgan fingerprint density at radius 2 is 2.18 bits per heavy atom. The van der Waals surface area contributed by atoms with E-state index in [9.17, 15) is 5.26 Å². The summed E-state index contributed by atoms with van der Waals surface area (Å²) >= 11 is 0. The summed E-state index contributed by atoms with van der Waals surface area (Å²) in [5, 5.41) is 9.30. The third-order valence-corrected chi connectivity index (χ3v) is 4.67. The molecule has 0 N–H and O–H groups in total. The van der Waals surface area contributed by atoms with Crippen LogP contribution in [0.4, 0.5) is 0 Å². The predicted molar refractivity (Wildman–Crippen MR) is 67.5 cm³/mol. The molecule has 0 aromatic carbocycles. The molecule has 96 valence electrons. The lowest BCUT2D eigenvalue weighted by Crippen LogP contribution is -2.47. The van der Waals surface area contributed by atoms with Crippen molar-refractivity contribution in [3.63, 3.8) is 0 Å². The maximum atomic E-state index is 9.30. The van der Waals surface area contributed by atoms with E-state index in [0.717, 1.165) is 32.0 Å². The summed E-state index contributed by atoms with van der Waals surface area (Å²) in [7, 11) is 2.19. The van der Waals surface area contributed by atoms with Gasteiger partial charge in [0.2, 0.25) is 0 Å². The van der Waals surface area contributed by atoms with Gasteiger partial charge in [0.05, 0.1) is 18.6 Å². The van der Waals surface area contributed by atoms with Gasteiger partial charge in [-0.3, -0.25) is 4.90 Å². The van der Waals surface area contributed by atoms with Crippen molar-refractivity contribution in [1.82, 2.24) is 4.90 Å². The average molecular weight is 236 g/mol. The number of nitriles is 1. The molecule has 1 aliphatic heterocycles. The highest BCUT2D eigenvalue weighted by Gasteiger charge is 2.36. The number of rotatable bonds is 3. The molecule has 3 heteroatoms. The van der Waals surface area contributed by atoms with E-state index in [2.05, 4.69) is 24.9 Å². The first-order valence-corrected chi connectivity index (χ1v) is 6.95. The molecule has 1 aliphatic carbocycles. The second-order valence-corrected chi connectivity index (χ2v) is 5.57. The fraction of sp³-hybridized carbons (Fsp3) is 0.929. The molecule has 0 bridgehead atoms. The van der Waals surface area contributed by atoms with Gasteiger partial charge < -0.3 is 4.74 Å². The van der Waals surface area contributed by atoms with Gasteiger partial charge in [-0.15, -0.1) is 0 Å². The van der Waals surface area contributed by atoms with Crippen LogP contribution in [0.5, 0.6) is 0 Å². The molecule has 1 saturated heterocycles. The summed E-state index contributed by atoms with van der Waals surface area (Å²) in [6.45, 7) is 4.01. The first-order valence-electron chi connectivity index (χ1n) is 6.95. The second kappa shape index (κ2) is 5.84. The van der Waals surface area contributed by atoms with Gasteiger partial charge in [0.25, 0.3) is 0 Å². The SMILES string of the molecule is CCC1CCC(C#N)C(N(C)C2CCOC2)C1. The highest BCUT2D eigenvalue weighted by atomic mass is 16.5. The molecule has 0 spiro atoms. The molecule has 0 aromatic heterocycles. The Bertz CT molecular complexity index is 280. The summed E-state index contributed by atoms with van der Waals surface area (Å²) < 4.78 is 5.47. The molecule has 1 saturated carbocycles. The molecule has 2 fully saturated rings. The van der Waals surface area contributed by atoms with Crippen LogP contribution < -0.4 is 0 Å². The first-order chi connectivity index (χ1) is 8.26. The molecule has 2 rings (SSSR count). The molecule has 1 heterocycles. The van der Waals surface area contributed by atoms with E-state index in [1.807, 2.05) is 0 Å². The lowest BCUT2D eigenvalue weighted by molar-refractivity contribution is 0.0757. The fourth-order valence-electron chi connectivity index (χ4n) is 3.32. The van der Waals surface area contributed by atoms with Crippen LogP contribution in [-0.2, 0) is 4.74 Å².